The number of aromatic nitrogens is 3. The molecule has 6 heteroatoms. The molecule has 0 aliphatic rings. The normalized spacial score (nSPS) is 11.3. The molecule has 0 bridgehead atoms. The van der Waals surface area contributed by atoms with E-state index in [0.29, 0.717) is 0 Å². The van der Waals surface area contributed by atoms with Crippen molar-refractivity contribution < 1.29 is 4.79 Å². The molecule has 0 fully saturated rings. The summed E-state index contributed by atoms with van der Waals surface area (Å²) >= 11 is 5.77. The summed E-state index contributed by atoms with van der Waals surface area (Å²) in [7, 11) is 0. The van der Waals surface area contributed by atoms with Crippen molar-refractivity contribution in [2.24, 2.45) is 5.41 Å². The average Bonchev–Trinajstić information content (AvgIpc) is 2.93. The molecule has 1 heterocycles. The first-order valence-corrected chi connectivity index (χ1v) is 6.39. The summed E-state index contributed by atoms with van der Waals surface area (Å²) in [5.74, 6) is 0.173. The molecule has 1 amide bonds. The number of hydrogen-bond donors (Lipinski definition) is 1. The number of carbonyl (C=O) groups is 1. The van der Waals surface area contributed by atoms with E-state index in [1.807, 2.05) is 24.3 Å². The van der Waals surface area contributed by atoms with Crippen LogP contribution in [0.4, 0.5) is 5.69 Å². The first kappa shape index (κ1) is 13.5. The Balaban J connectivity index is 2.10. The van der Waals surface area contributed by atoms with Crippen molar-refractivity contribution in [2.75, 3.05) is 11.2 Å². The maximum atomic E-state index is 12.0. The topological polar surface area (TPSA) is 59.8 Å². The highest BCUT2D eigenvalue weighted by molar-refractivity contribution is 6.20. The van der Waals surface area contributed by atoms with Gasteiger partial charge >= 0.3 is 0 Å². The van der Waals surface area contributed by atoms with Crippen molar-refractivity contribution in [3.8, 4) is 5.69 Å². The third-order valence-electron chi connectivity index (χ3n) is 2.76. The van der Waals surface area contributed by atoms with Crippen molar-refractivity contribution in [1.82, 2.24) is 14.8 Å². The van der Waals surface area contributed by atoms with Gasteiger partial charge in [0.15, 0.2) is 0 Å². The minimum Gasteiger partial charge on any atom is -0.326 e. The van der Waals surface area contributed by atoms with E-state index < -0.39 is 5.41 Å². The summed E-state index contributed by atoms with van der Waals surface area (Å²) in [6.07, 6.45) is 3.09. The number of nitrogens with zero attached hydrogens (tertiary/aromatic N) is 3. The van der Waals surface area contributed by atoms with E-state index in [9.17, 15) is 4.79 Å². The van der Waals surface area contributed by atoms with Crippen LogP contribution in [-0.4, -0.2) is 26.6 Å². The number of alkyl halides is 1. The minimum atomic E-state index is -0.591. The molecule has 0 unspecified atom stereocenters. The Kier molecular flexibility index (Phi) is 3.85. The summed E-state index contributed by atoms with van der Waals surface area (Å²) in [5, 5.41) is 6.87. The van der Waals surface area contributed by atoms with Crippen LogP contribution >= 0.6 is 11.6 Å². The number of benzene rings is 1. The van der Waals surface area contributed by atoms with Crippen LogP contribution in [0.25, 0.3) is 5.69 Å². The van der Waals surface area contributed by atoms with Gasteiger partial charge in [-0.25, -0.2) is 9.67 Å². The van der Waals surface area contributed by atoms with E-state index in [-0.39, 0.29) is 11.8 Å². The van der Waals surface area contributed by atoms with Crippen LogP contribution in [0.3, 0.4) is 0 Å². The van der Waals surface area contributed by atoms with Crippen LogP contribution in [0.2, 0.25) is 0 Å². The van der Waals surface area contributed by atoms with E-state index in [0.717, 1.165) is 11.4 Å². The fraction of sp³-hybridized carbons (Fsp3) is 0.308. The predicted molar refractivity (Wildman–Crippen MR) is 74.5 cm³/mol. The van der Waals surface area contributed by atoms with Gasteiger partial charge in [-0.2, -0.15) is 5.10 Å². The quantitative estimate of drug-likeness (QED) is 0.874. The Labute approximate surface area is 116 Å². The van der Waals surface area contributed by atoms with Gasteiger partial charge < -0.3 is 5.32 Å². The van der Waals surface area contributed by atoms with Crippen LogP contribution in [0.15, 0.2) is 36.9 Å². The van der Waals surface area contributed by atoms with Crippen LogP contribution in [0, 0.1) is 5.41 Å². The molecule has 100 valence electrons. The van der Waals surface area contributed by atoms with Gasteiger partial charge in [-0.15, -0.1) is 11.6 Å². The standard InChI is InChI=1S/C13H15ClN4O/c1-13(2,7-14)12(19)17-10-3-5-11(6-4-10)18-9-15-8-16-18/h3-6,8-9H,7H2,1-2H3,(H,17,19). The zero-order valence-corrected chi connectivity index (χ0v) is 11.6. The Morgan fingerprint density at radius 2 is 2.05 bits per heavy atom. The summed E-state index contributed by atoms with van der Waals surface area (Å²) < 4.78 is 1.65. The van der Waals surface area contributed by atoms with E-state index >= 15 is 0 Å². The SMILES string of the molecule is CC(C)(CCl)C(=O)Nc1ccc(-n2cncn2)cc1. The van der Waals surface area contributed by atoms with E-state index in [1.165, 1.54) is 6.33 Å². The Bertz CT molecular complexity index is 549. The third kappa shape index (κ3) is 3.12. The molecular weight excluding hydrogens is 264 g/mol. The van der Waals surface area contributed by atoms with Gasteiger partial charge in [-0.3, -0.25) is 4.79 Å². The monoisotopic (exact) mass is 278 g/mol. The molecule has 0 aliphatic carbocycles. The average molecular weight is 279 g/mol. The molecule has 1 aromatic heterocycles. The summed E-state index contributed by atoms with van der Waals surface area (Å²) in [6, 6.07) is 7.36. The number of anilines is 1. The lowest BCUT2D eigenvalue weighted by Crippen LogP contribution is -2.32. The molecule has 0 saturated carbocycles. The van der Waals surface area contributed by atoms with Gasteiger partial charge in [0.2, 0.25) is 5.91 Å². The third-order valence-corrected chi connectivity index (χ3v) is 3.43. The number of amides is 1. The highest BCUT2D eigenvalue weighted by Gasteiger charge is 2.26. The summed E-state index contributed by atoms with van der Waals surface area (Å²) in [5.41, 5.74) is 1.02. The van der Waals surface area contributed by atoms with Crippen LogP contribution in [-0.2, 0) is 4.79 Å². The highest BCUT2D eigenvalue weighted by atomic mass is 35.5. The molecule has 0 saturated heterocycles. The first-order chi connectivity index (χ1) is 9.03. The maximum Gasteiger partial charge on any atom is 0.231 e. The zero-order valence-electron chi connectivity index (χ0n) is 10.8. The molecule has 0 radical (unpaired) electrons. The fourth-order valence-electron chi connectivity index (χ4n) is 1.40. The number of carbonyl (C=O) groups excluding carboxylic acids is 1. The van der Waals surface area contributed by atoms with Gasteiger partial charge in [0.25, 0.3) is 0 Å². The molecule has 1 aromatic carbocycles. The molecule has 19 heavy (non-hydrogen) atoms. The van der Waals surface area contributed by atoms with Crippen molar-refractivity contribution >= 4 is 23.2 Å². The van der Waals surface area contributed by atoms with Gasteiger partial charge in [-0.05, 0) is 38.1 Å². The number of halogens is 1. The van der Waals surface area contributed by atoms with Crippen LogP contribution in [0.5, 0.6) is 0 Å². The summed E-state index contributed by atoms with van der Waals surface area (Å²) in [6.45, 7) is 3.61. The lowest BCUT2D eigenvalue weighted by molar-refractivity contribution is -0.122. The molecule has 1 N–H and O–H groups in total. The molecule has 5 nitrogen and oxygen atoms in total. The second-order valence-corrected chi connectivity index (χ2v) is 5.13. The Morgan fingerprint density at radius 1 is 1.37 bits per heavy atom. The van der Waals surface area contributed by atoms with Crippen molar-refractivity contribution in [3.05, 3.63) is 36.9 Å². The molecular formula is C13H15ClN4O. The van der Waals surface area contributed by atoms with Crippen LogP contribution in [0.1, 0.15) is 13.8 Å². The number of nitrogens with one attached hydrogen (secondary N) is 1. The van der Waals surface area contributed by atoms with Gasteiger partial charge in [0.1, 0.15) is 12.7 Å². The lowest BCUT2D eigenvalue weighted by atomic mass is 9.95. The molecule has 0 spiro atoms. The predicted octanol–water partition coefficient (Wildman–Crippen LogP) is 2.47. The molecule has 0 atom stereocenters. The van der Waals surface area contributed by atoms with Gasteiger partial charge in [0.05, 0.1) is 11.1 Å². The largest absolute Gasteiger partial charge is 0.326 e. The zero-order chi connectivity index (χ0) is 13.9. The second-order valence-electron chi connectivity index (χ2n) is 4.86. The Hall–Kier alpha value is -1.88. The van der Waals surface area contributed by atoms with Crippen LogP contribution < -0.4 is 5.32 Å². The fourth-order valence-corrected chi connectivity index (χ4v) is 1.52. The van der Waals surface area contributed by atoms with E-state index in [2.05, 4.69) is 15.4 Å². The van der Waals surface area contributed by atoms with E-state index in [1.54, 1.807) is 24.9 Å². The van der Waals surface area contributed by atoms with Crippen molar-refractivity contribution in [2.45, 2.75) is 13.8 Å². The minimum absolute atomic E-state index is 0.101. The Morgan fingerprint density at radius 3 is 2.58 bits per heavy atom. The number of hydrogen-bond acceptors (Lipinski definition) is 3. The van der Waals surface area contributed by atoms with Crippen molar-refractivity contribution in [3.63, 3.8) is 0 Å². The second kappa shape index (κ2) is 5.40. The maximum absolute atomic E-state index is 12.0. The molecule has 0 aliphatic heterocycles. The molecule has 2 aromatic rings. The van der Waals surface area contributed by atoms with E-state index in [4.69, 9.17) is 11.6 Å². The van der Waals surface area contributed by atoms with Gasteiger partial charge in [-0.1, -0.05) is 0 Å². The molecule has 2 rings (SSSR count). The lowest BCUT2D eigenvalue weighted by Gasteiger charge is -2.20. The van der Waals surface area contributed by atoms with Gasteiger partial charge in [0, 0.05) is 11.6 Å². The highest BCUT2D eigenvalue weighted by Crippen LogP contribution is 2.20. The number of rotatable bonds is 4. The smallest absolute Gasteiger partial charge is 0.231 e. The summed E-state index contributed by atoms with van der Waals surface area (Å²) in [4.78, 5) is 15.8. The first-order valence-electron chi connectivity index (χ1n) is 5.85. The van der Waals surface area contributed by atoms with Crippen molar-refractivity contribution in [1.29, 1.82) is 0 Å².